The van der Waals surface area contributed by atoms with Gasteiger partial charge >= 0.3 is 6.03 Å². The Hall–Kier alpha value is -2.05. The molecule has 2 amide bonds. The molecule has 0 unspecified atom stereocenters. The quantitative estimate of drug-likeness (QED) is 0.730. The van der Waals surface area contributed by atoms with Crippen molar-refractivity contribution in [1.29, 1.82) is 0 Å². The van der Waals surface area contributed by atoms with Crippen LogP contribution in [0.2, 0.25) is 10.0 Å². The van der Waals surface area contributed by atoms with Gasteiger partial charge in [-0.15, -0.1) is 0 Å². The van der Waals surface area contributed by atoms with Crippen molar-refractivity contribution in [2.24, 2.45) is 0 Å². The van der Waals surface area contributed by atoms with Gasteiger partial charge in [0, 0.05) is 25.5 Å². The number of amides is 2. The number of carbonyl (C=O) groups is 1. The van der Waals surface area contributed by atoms with Crippen molar-refractivity contribution in [3.63, 3.8) is 0 Å². The minimum atomic E-state index is -0.321. The Labute approximate surface area is 138 Å². The second-order valence-corrected chi connectivity index (χ2v) is 5.30. The van der Waals surface area contributed by atoms with Gasteiger partial charge < -0.3 is 10.6 Å². The van der Waals surface area contributed by atoms with Gasteiger partial charge in [-0.3, -0.25) is 5.32 Å². The lowest BCUT2D eigenvalue weighted by Crippen LogP contribution is -2.33. The molecule has 2 aromatic heterocycles. The maximum atomic E-state index is 11.7. The Bertz CT molecular complexity index is 665. The number of aryl methyl sites for hydroxylation is 1. The molecule has 0 fully saturated rings. The van der Waals surface area contributed by atoms with E-state index in [1.165, 1.54) is 6.20 Å². The summed E-state index contributed by atoms with van der Waals surface area (Å²) in [6.07, 6.45) is 3.12. The Balaban J connectivity index is 1.74. The minimum Gasteiger partial charge on any atom is -0.367 e. The molecule has 0 bridgehead atoms. The zero-order valence-corrected chi connectivity index (χ0v) is 13.4. The van der Waals surface area contributed by atoms with Crippen molar-refractivity contribution >= 4 is 40.9 Å². The summed E-state index contributed by atoms with van der Waals surface area (Å²) in [5.74, 6) is 1.06. The molecule has 0 aromatic carbocycles. The first-order valence-electron chi connectivity index (χ1n) is 6.57. The fourth-order valence-electron chi connectivity index (χ4n) is 1.67. The minimum absolute atomic E-state index is 0.321. The number of pyridine rings is 2. The van der Waals surface area contributed by atoms with Crippen molar-refractivity contribution in [2.45, 2.75) is 6.92 Å². The number of nitrogens with one attached hydrogen (secondary N) is 3. The number of carbonyl (C=O) groups excluding carboxylic acids is 1. The third kappa shape index (κ3) is 4.75. The SMILES string of the molecule is Cc1cccnc1NC(=O)NCCNc1ncc(Cl)cc1Cl. The summed E-state index contributed by atoms with van der Waals surface area (Å²) in [6, 6.07) is 4.96. The van der Waals surface area contributed by atoms with Crippen LogP contribution in [-0.4, -0.2) is 29.1 Å². The molecule has 0 spiro atoms. The summed E-state index contributed by atoms with van der Waals surface area (Å²) >= 11 is 11.7. The molecule has 3 N–H and O–H groups in total. The van der Waals surface area contributed by atoms with Crippen LogP contribution in [0.5, 0.6) is 0 Å². The molecule has 0 aliphatic carbocycles. The number of hydrogen-bond donors (Lipinski definition) is 3. The van der Waals surface area contributed by atoms with Crippen molar-refractivity contribution in [3.8, 4) is 0 Å². The first-order valence-corrected chi connectivity index (χ1v) is 7.33. The highest BCUT2D eigenvalue weighted by Gasteiger charge is 2.05. The molecule has 116 valence electrons. The number of anilines is 2. The predicted octanol–water partition coefficient (Wildman–Crippen LogP) is 3.33. The Morgan fingerprint density at radius 1 is 1.23 bits per heavy atom. The van der Waals surface area contributed by atoms with Crippen LogP contribution < -0.4 is 16.0 Å². The number of rotatable bonds is 5. The smallest absolute Gasteiger partial charge is 0.320 e. The van der Waals surface area contributed by atoms with E-state index in [2.05, 4.69) is 25.9 Å². The van der Waals surface area contributed by atoms with E-state index in [9.17, 15) is 4.79 Å². The van der Waals surface area contributed by atoms with Gasteiger partial charge in [0.1, 0.15) is 11.6 Å². The van der Waals surface area contributed by atoms with E-state index in [0.717, 1.165) is 5.56 Å². The number of hydrogen-bond acceptors (Lipinski definition) is 4. The topological polar surface area (TPSA) is 78.9 Å². The highest BCUT2D eigenvalue weighted by molar-refractivity contribution is 6.35. The highest BCUT2D eigenvalue weighted by atomic mass is 35.5. The van der Waals surface area contributed by atoms with E-state index in [-0.39, 0.29) is 6.03 Å². The second-order valence-electron chi connectivity index (χ2n) is 4.46. The lowest BCUT2D eigenvalue weighted by Gasteiger charge is -2.10. The number of aromatic nitrogens is 2. The molecule has 22 heavy (non-hydrogen) atoms. The molecule has 2 aromatic rings. The zero-order valence-electron chi connectivity index (χ0n) is 11.9. The standard InChI is InChI=1S/C14H15Cl2N5O/c1-9-3-2-4-17-12(9)21-14(22)19-6-5-18-13-11(16)7-10(15)8-20-13/h2-4,7-8H,5-6H2,1H3,(H,18,20)(H2,17,19,21,22). The van der Waals surface area contributed by atoms with E-state index in [1.54, 1.807) is 12.3 Å². The zero-order chi connectivity index (χ0) is 15.9. The van der Waals surface area contributed by atoms with Crippen LogP contribution in [0.4, 0.5) is 16.4 Å². The Morgan fingerprint density at radius 2 is 2.05 bits per heavy atom. The molecule has 0 saturated carbocycles. The van der Waals surface area contributed by atoms with Gasteiger partial charge in [0.25, 0.3) is 0 Å². The van der Waals surface area contributed by atoms with Gasteiger partial charge in [-0.2, -0.15) is 0 Å². The van der Waals surface area contributed by atoms with E-state index in [4.69, 9.17) is 23.2 Å². The first-order chi connectivity index (χ1) is 10.6. The van der Waals surface area contributed by atoms with Crippen molar-refractivity contribution in [3.05, 3.63) is 46.2 Å². The maximum Gasteiger partial charge on any atom is 0.320 e. The third-order valence-corrected chi connectivity index (χ3v) is 3.25. The molecule has 2 rings (SSSR count). The van der Waals surface area contributed by atoms with Crippen LogP contribution in [0, 0.1) is 6.92 Å². The van der Waals surface area contributed by atoms with Gasteiger partial charge in [0.2, 0.25) is 0 Å². The van der Waals surface area contributed by atoms with Gasteiger partial charge in [-0.05, 0) is 24.6 Å². The number of nitrogens with zero attached hydrogens (tertiary/aromatic N) is 2. The lowest BCUT2D eigenvalue weighted by atomic mass is 10.3. The van der Waals surface area contributed by atoms with Gasteiger partial charge in [0.05, 0.1) is 10.0 Å². The van der Waals surface area contributed by atoms with Crippen molar-refractivity contribution in [1.82, 2.24) is 15.3 Å². The molecule has 0 aliphatic rings. The lowest BCUT2D eigenvalue weighted by molar-refractivity contribution is 0.252. The number of urea groups is 1. The van der Waals surface area contributed by atoms with Gasteiger partial charge in [-0.1, -0.05) is 29.3 Å². The van der Waals surface area contributed by atoms with Crippen LogP contribution in [0.15, 0.2) is 30.6 Å². The van der Waals surface area contributed by atoms with E-state index < -0.39 is 0 Å². The second kappa shape index (κ2) is 7.82. The largest absolute Gasteiger partial charge is 0.367 e. The summed E-state index contributed by atoms with van der Waals surface area (Å²) in [7, 11) is 0. The van der Waals surface area contributed by atoms with Crippen LogP contribution in [-0.2, 0) is 0 Å². The Kier molecular flexibility index (Phi) is 5.80. The summed E-state index contributed by atoms with van der Waals surface area (Å²) < 4.78 is 0. The fourth-order valence-corrected chi connectivity index (χ4v) is 2.12. The van der Waals surface area contributed by atoms with Crippen molar-refractivity contribution in [2.75, 3.05) is 23.7 Å². The van der Waals surface area contributed by atoms with Gasteiger partial charge in [0.15, 0.2) is 0 Å². The summed E-state index contributed by atoms with van der Waals surface area (Å²) in [4.78, 5) is 19.9. The predicted molar refractivity (Wildman–Crippen MR) is 88.7 cm³/mol. The summed E-state index contributed by atoms with van der Waals surface area (Å²) in [5, 5.41) is 9.30. The van der Waals surface area contributed by atoms with Crippen LogP contribution in [0.3, 0.4) is 0 Å². The molecular weight excluding hydrogens is 325 g/mol. The fraction of sp³-hybridized carbons (Fsp3) is 0.214. The number of halogens is 2. The van der Waals surface area contributed by atoms with Crippen LogP contribution in [0.1, 0.15) is 5.56 Å². The molecule has 8 heteroatoms. The van der Waals surface area contributed by atoms with Crippen LogP contribution >= 0.6 is 23.2 Å². The summed E-state index contributed by atoms with van der Waals surface area (Å²) in [5.41, 5.74) is 0.896. The average Bonchev–Trinajstić information content (AvgIpc) is 2.48. The first kappa shape index (κ1) is 16.3. The van der Waals surface area contributed by atoms with E-state index >= 15 is 0 Å². The Morgan fingerprint density at radius 3 is 2.77 bits per heavy atom. The molecule has 6 nitrogen and oxygen atoms in total. The van der Waals surface area contributed by atoms with Gasteiger partial charge in [-0.25, -0.2) is 14.8 Å². The normalized spacial score (nSPS) is 10.1. The molecule has 0 radical (unpaired) electrons. The highest BCUT2D eigenvalue weighted by Crippen LogP contribution is 2.21. The van der Waals surface area contributed by atoms with Crippen LogP contribution in [0.25, 0.3) is 0 Å². The monoisotopic (exact) mass is 339 g/mol. The molecule has 0 aliphatic heterocycles. The van der Waals surface area contributed by atoms with Crippen molar-refractivity contribution < 1.29 is 4.79 Å². The molecule has 2 heterocycles. The van der Waals surface area contributed by atoms with E-state index in [1.807, 2.05) is 19.1 Å². The molecular formula is C14H15Cl2N5O. The molecule has 0 saturated heterocycles. The van der Waals surface area contributed by atoms with E-state index in [0.29, 0.717) is 34.8 Å². The molecule has 0 atom stereocenters. The third-order valence-electron chi connectivity index (χ3n) is 2.75. The average molecular weight is 340 g/mol. The summed E-state index contributed by atoms with van der Waals surface area (Å²) in [6.45, 7) is 2.75. The maximum absolute atomic E-state index is 11.7.